The van der Waals surface area contributed by atoms with Gasteiger partial charge in [0.05, 0.1) is 5.60 Å². The maximum Gasteiger partial charge on any atom is 0.178 e. The average molecular weight is 300 g/mol. The Bertz CT molecular complexity index is 585. The van der Waals surface area contributed by atoms with Crippen LogP contribution in [-0.2, 0) is 4.79 Å². The molecule has 0 aromatic heterocycles. The minimum absolute atomic E-state index is 0.0760. The predicted octanol–water partition coefficient (Wildman–Crippen LogP) is 4.05. The van der Waals surface area contributed by atoms with E-state index in [-0.39, 0.29) is 16.6 Å². The van der Waals surface area contributed by atoms with Crippen molar-refractivity contribution >= 4 is 5.78 Å². The normalized spacial score (nSPS) is 53.5. The summed E-state index contributed by atoms with van der Waals surface area (Å²) >= 11 is 0. The van der Waals surface area contributed by atoms with Crippen molar-refractivity contribution in [2.45, 2.75) is 64.9 Å². The van der Waals surface area contributed by atoms with Gasteiger partial charge < -0.3 is 5.11 Å². The van der Waals surface area contributed by atoms with Gasteiger partial charge in [0.1, 0.15) is 0 Å². The maximum absolute atomic E-state index is 11.7. The monoisotopic (exact) mass is 300 g/mol. The highest BCUT2D eigenvalue weighted by molar-refractivity contribution is 6.01. The molecule has 0 heterocycles. The van der Waals surface area contributed by atoms with Crippen LogP contribution in [0.25, 0.3) is 0 Å². The van der Waals surface area contributed by atoms with Crippen molar-refractivity contribution in [3.05, 3.63) is 23.8 Å². The van der Waals surface area contributed by atoms with Crippen LogP contribution in [-0.4, -0.2) is 16.5 Å². The molecular formula is C20H28O2. The molecule has 6 atom stereocenters. The molecule has 22 heavy (non-hydrogen) atoms. The Kier molecular flexibility index (Phi) is 2.90. The first-order valence-corrected chi connectivity index (χ1v) is 8.95. The van der Waals surface area contributed by atoms with Crippen molar-refractivity contribution < 1.29 is 9.90 Å². The fourth-order valence-electron chi connectivity index (χ4n) is 6.44. The number of carbonyl (C=O) groups is 1. The van der Waals surface area contributed by atoms with Crippen molar-refractivity contribution in [2.24, 2.45) is 28.6 Å². The van der Waals surface area contributed by atoms with E-state index in [1.54, 1.807) is 6.08 Å². The number of fused-ring (bicyclic) bond motifs is 5. The van der Waals surface area contributed by atoms with Crippen molar-refractivity contribution in [2.75, 3.05) is 0 Å². The summed E-state index contributed by atoms with van der Waals surface area (Å²) in [6.07, 6.45) is 12.5. The van der Waals surface area contributed by atoms with Crippen molar-refractivity contribution in [1.82, 2.24) is 0 Å². The lowest BCUT2D eigenvalue weighted by Crippen LogP contribution is -2.53. The molecule has 2 nitrogen and oxygen atoms in total. The summed E-state index contributed by atoms with van der Waals surface area (Å²) < 4.78 is 0. The molecule has 4 rings (SSSR count). The van der Waals surface area contributed by atoms with E-state index in [9.17, 15) is 9.90 Å². The van der Waals surface area contributed by atoms with Gasteiger partial charge in [0.2, 0.25) is 0 Å². The summed E-state index contributed by atoms with van der Waals surface area (Å²) in [5.74, 6) is 2.15. The summed E-state index contributed by atoms with van der Waals surface area (Å²) in [6, 6.07) is 0. The van der Waals surface area contributed by atoms with Gasteiger partial charge in [0, 0.05) is 5.41 Å². The van der Waals surface area contributed by atoms with E-state index in [1.807, 2.05) is 6.08 Å². The quantitative estimate of drug-likeness (QED) is 0.733. The van der Waals surface area contributed by atoms with Gasteiger partial charge in [-0.15, -0.1) is 0 Å². The number of hydrogen-bond acceptors (Lipinski definition) is 2. The third-order valence-electron chi connectivity index (χ3n) is 8.12. The molecule has 120 valence electrons. The fourth-order valence-corrected chi connectivity index (χ4v) is 6.44. The molecule has 0 radical (unpaired) electrons. The number of hydrogen-bond donors (Lipinski definition) is 1. The van der Waals surface area contributed by atoms with Crippen LogP contribution >= 0.6 is 0 Å². The largest absolute Gasteiger partial charge is 0.390 e. The molecule has 5 unspecified atom stereocenters. The number of aliphatic hydroxyl groups is 1. The van der Waals surface area contributed by atoms with Crippen LogP contribution in [0.15, 0.2) is 23.8 Å². The zero-order valence-electron chi connectivity index (χ0n) is 14.1. The Morgan fingerprint density at radius 3 is 2.59 bits per heavy atom. The Morgan fingerprint density at radius 1 is 1.09 bits per heavy atom. The van der Waals surface area contributed by atoms with Gasteiger partial charge >= 0.3 is 0 Å². The van der Waals surface area contributed by atoms with E-state index >= 15 is 0 Å². The van der Waals surface area contributed by atoms with E-state index in [0.717, 1.165) is 19.3 Å². The molecule has 3 saturated carbocycles. The van der Waals surface area contributed by atoms with E-state index < -0.39 is 5.60 Å². The fraction of sp³-hybridized carbons (Fsp3) is 0.750. The zero-order chi connectivity index (χ0) is 15.8. The summed E-state index contributed by atoms with van der Waals surface area (Å²) in [6.45, 7) is 6.73. The SMILES string of the molecule is CC12C=CC(=O)C=C1CCC1C2CCC2(C)C1CC[C@]2(C)O. The van der Waals surface area contributed by atoms with Gasteiger partial charge in [-0.1, -0.05) is 25.5 Å². The van der Waals surface area contributed by atoms with Crippen LogP contribution in [0.3, 0.4) is 0 Å². The van der Waals surface area contributed by atoms with E-state index in [0.29, 0.717) is 17.8 Å². The Labute approximate surface area is 133 Å². The van der Waals surface area contributed by atoms with Crippen LogP contribution in [0.4, 0.5) is 0 Å². The minimum Gasteiger partial charge on any atom is -0.390 e. The van der Waals surface area contributed by atoms with E-state index in [2.05, 4.69) is 26.8 Å². The third kappa shape index (κ3) is 1.68. The molecule has 0 aromatic rings. The van der Waals surface area contributed by atoms with Crippen molar-refractivity contribution in [1.29, 1.82) is 0 Å². The zero-order valence-corrected chi connectivity index (χ0v) is 14.1. The molecule has 1 N–H and O–H groups in total. The molecule has 0 aromatic carbocycles. The third-order valence-corrected chi connectivity index (χ3v) is 8.12. The highest BCUT2D eigenvalue weighted by atomic mass is 16.3. The molecule has 0 spiro atoms. The standard InChI is InChI=1S/C20H28O2/c1-18-9-6-14(21)12-13(18)4-5-15-16(18)7-10-19(2)17(15)8-11-20(19,3)22/h6,9,12,15-17,22H,4-5,7-8,10-11H2,1-3H3/t15?,16?,17?,18?,19?,20-/m0/s1. The Hall–Kier alpha value is -0.890. The number of carbonyl (C=O) groups excluding carboxylic acids is 1. The van der Waals surface area contributed by atoms with Crippen LogP contribution in [0.5, 0.6) is 0 Å². The Balaban J connectivity index is 1.71. The Morgan fingerprint density at radius 2 is 1.82 bits per heavy atom. The molecule has 2 heteroatoms. The van der Waals surface area contributed by atoms with E-state index in [4.69, 9.17) is 0 Å². The summed E-state index contributed by atoms with van der Waals surface area (Å²) in [5, 5.41) is 10.9. The number of rotatable bonds is 0. The predicted molar refractivity (Wildman–Crippen MR) is 87.2 cm³/mol. The van der Waals surface area contributed by atoms with Gasteiger partial charge in [-0.05, 0) is 80.8 Å². The second kappa shape index (κ2) is 4.35. The molecule has 0 bridgehead atoms. The smallest absolute Gasteiger partial charge is 0.178 e. The molecular weight excluding hydrogens is 272 g/mol. The molecule has 4 aliphatic carbocycles. The van der Waals surface area contributed by atoms with Gasteiger partial charge in [-0.25, -0.2) is 0 Å². The first-order chi connectivity index (χ1) is 10.3. The summed E-state index contributed by atoms with van der Waals surface area (Å²) in [7, 11) is 0. The lowest BCUT2D eigenvalue weighted by Gasteiger charge is -2.57. The average Bonchev–Trinajstić information content (AvgIpc) is 2.70. The number of ketones is 1. The van der Waals surface area contributed by atoms with E-state index in [1.165, 1.54) is 24.8 Å². The van der Waals surface area contributed by atoms with Crippen molar-refractivity contribution in [3.63, 3.8) is 0 Å². The molecule has 4 aliphatic rings. The molecule has 0 saturated heterocycles. The highest BCUT2D eigenvalue weighted by Gasteiger charge is 2.61. The van der Waals surface area contributed by atoms with Gasteiger partial charge in [-0.2, -0.15) is 0 Å². The van der Waals surface area contributed by atoms with Crippen LogP contribution < -0.4 is 0 Å². The molecule has 0 aliphatic heterocycles. The van der Waals surface area contributed by atoms with Gasteiger partial charge in [0.15, 0.2) is 5.78 Å². The van der Waals surface area contributed by atoms with Crippen LogP contribution in [0, 0.1) is 28.6 Å². The maximum atomic E-state index is 11.7. The van der Waals surface area contributed by atoms with Crippen LogP contribution in [0.2, 0.25) is 0 Å². The van der Waals surface area contributed by atoms with Gasteiger partial charge in [-0.3, -0.25) is 4.79 Å². The topological polar surface area (TPSA) is 37.3 Å². The first kappa shape index (κ1) is 14.7. The first-order valence-electron chi connectivity index (χ1n) is 8.95. The second-order valence-corrected chi connectivity index (χ2v) is 8.87. The minimum atomic E-state index is -0.502. The van der Waals surface area contributed by atoms with Gasteiger partial charge in [0.25, 0.3) is 0 Å². The molecule has 0 amide bonds. The van der Waals surface area contributed by atoms with Crippen molar-refractivity contribution in [3.8, 4) is 0 Å². The number of allylic oxidation sites excluding steroid dienone is 4. The summed E-state index contributed by atoms with van der Waals surface area (Å²) in [4.78, 5) is 11.7. The summed E-state index contributed by atoms with van der Waals surface area (Å²) in [5.41, 5.74) is 1.01. The second-order valence-electron chi connectivity index (χ2n) is 8.87. The lowest BCUT2D eigenvalue weighted by molar-refractivity contribution is -0.114. The van der Waals surface area contributed by atoms with Crippen LogP contribution in [0.1, 0.15) is 59.3 Å². The lowest BCUT2D eigenvalue weighted by atomic mass is 9.47. The molecule has 3 fully saturated rings. The highest BCUT2D eigenvalue weighted by Crippen LogP contribution is 2.66.